The largest absolute Gasteiger partial charge is 0.275 e. The van der Waals surface area contributed by atoms with Crippen LogP contribution in [0.2, 0.25) is 5.02 Å². The summed E-state index contributed by atoms with van der Waals surface area (Å²) in [6.07, 6.45) is 0. The van der Waals surface area contributed by atoms with E-state index in [2.05, 4.69) is 0 Å². The Hall–Kier alpha value is -0.670. The third kappa shape index (κ3) is 1.57. The molecule has 0 aliphatic heterocycles. The highest BCUT2D eigenvalue weighted by atomic mass is 35.5. The van der Waals surface area contributed by atoms with E-state index in [4.69, 9.17) is 23.2 Å². The van der Waals surface area contributed by atoms with Crippen LogP contribution in [0.25, 0.3) is 0 Å². The van der Waals surface area contributed by atoms with Crippen molar-refractivity contribution >= 4 is 28.4 Å². The normalized spacial score (nSPS) is 10.0. The molecule has 0 fully saturated rings. The van der Waals surface area contributed by atoms with Crippen molar-refractivity contribution in [2.24, 2.45) is 0 Å². The number of hydrogen-bond acceptors (Lipinski definition) is 1. The van der Waals surface area contributed by atoms with E-state index in [0.717, 1.165) is 12.1 Å². The summed E-state index contributed by atoms with van der Waals surface area (Å²) in [6.45, 7) is 0. The van der Waals surface area contributed by atoms with Gasteiger partial charge in [0.05, 0.1) is 10.6 Å². The average molecular weight is 211 g/mol. The highest BCUT2D eigenvalue weighted by molar-refractivity contribution is 6.67. The lowest BCUT2D eigenvalue weighted by Crippen LogP contribution is -1.97. The SMILES string of the molecule is O=C(Cl)c1ccc(Cl)c(F)c1F. The van der Waals surface area contributed by atoms with Crippen molar-refractivity contribution in [2.75, 3.05) is 0 Å². The molecular formula is C7H2Cl2F2O. The first kappa shape index (κ1) is 9.42. The second kappa shape index (κ2) is 3.37. The van der Waals surface area contributed by atoms with Crippen molar-refractivity contribution in [1.29, 1.82) is 0 Å². The van der Waals surface area contributed by atoms with Gasteiger partial charge in [-0.25, -0.2) is 8.78 Å². The first-order valence-corrected chi connectivity index (χ1v) is 3.63. The molecule has 1 aromatic rings. The fraction of sp³-hybridized carbons (Fsp3) is 0. The van der Waals surface area contributed by atoms with Gasteiger partial charge >= 0.3 is 0 Å². The van der Waals surface area contributed by atoms with Crippen LogP contribution in [0.15, 0.2) is 12.1 Å². The molecule has 0 saturated heterocycles. The highest BCUT2D eigenvalue weighted by Crippen LogP contribution is 2.21. The number of halogens is 4. The monoisotopic (exact) mass is 210 g/mol. The van der Waals surface area contributed by atoms with Crippen molar-refractivity contribution in [1.82, 2.24) is 0 Å². The summed E-state index contributed by atoms with van der Waals surface area (Å²) < 4.78 is 25.4. The van der Waals surface area contributed by atoms with Gasteiger partial charge in [-0.15, -0.1) is 0 Å². The third-order valence-electron chi connectivity index (χ3n) is 1.25. The average Bonchev–Trinajstić information content (AvgIpc) is 2.00. The topological polar surface area (TPSA) is 17.1 Å². The Kier molecular flexibility index (Phi) is 2.65. The van der Waals surface area contributed by atoms with Gasteiger partial charge in [0.25, 0.3) is 5.24 Å². The zero-order chi connectivity index (χ0) is 9.30. The fourth-order valence-corrected chi connectivity index (χ4v) is 0.970. The van der Waals surface area contributed by atoms with Crippen LogP contribution in [-0.4, -0.2) is 5.24 Å². The molecule has 0 unspecified atom stereocenters. The minimum Gasteiger partial charge on any atom is -0.275 e. The number of carbonyl (C=O) groups excluding carboxylic acids is 1. The maximum atomic E-state index is 12.7. The van der Waals surface area contributed by atoms with E-state index in [9.17, 15) is 13.6 Å². The van der Waals surface area contributed by atoms with Crippen molar-refractivity contribution in [3.05, 3.63) is 34.4 Å². The second-order valence-corrected chi connectivity index (χ2v) is 2.75. The standard InChI is InChI=1S/C7H2Cl2F2O/c8-4-2-1-3(7(9)12)5(10)6(4)11/h1-2H. The molecule has 0 amide bonds. The lowest BCUT2D eigenvalue weighted by atomic mass is 10.2. The molecule has 1 aromatic carbocycles. The van der Waals surface area contributed by atoms with E-state index in [-0.39, 0.29) is 5.02 Å². The van der Waals surface area contributed by atoms with Gasteiger partial charge in [0, 0.05) is 0 Å². The molecule has 0 bridgehead atoms. The summed E-state index contributed by atoms with van der Waals surface area (Å²) in [7, 11) is 0. The molecule has 0 radical (unpaired) electrons. The van der Waals surface area contributed by atoms with Crippen LogP contribution in [0.3, 0.4) is 0 Å². The number of benzene rings is 1. The molecule has 1 rings (SSSR count). The van der Waals surface area contributed by atoms with Crippen molar-refractivity contribution in [3.8, 4) is 0 Å². The van der Waals surface area contributed by atoms with Gasteiger partial charge in [0.15, 0.2) is 11.6 Å². The first-order valence-electron chi connectivity index (χ1n) is 2.87. The summed E-state index contributed by atoms with van der Waals surface area (Å²) in [5.41, 5.74) is -0.515. The molecule has 64 valence electrons. The van der Waals surface area contributed by atoms with Crippen LogP contribution in [-0.2, 0) is 0 Å². The molecular weight excluding hydrogens is 209 g/mol. The van der Waals surface area contributed by atoms with E-state index < -0.39 is 22.4 Å². The minimum absolute atomic E-state index is 0.380. The van der Waals surface area contributed by atoms with Crippen molar-refractivity contribution in [2.45, 2.75) is 0 Å². The van der Waals surface area contributed by atoms with Crippen LogP contribution >= 0.6 is 23.2 Å². The molecule has 0 atom stereocenters. The van der Waals surface area contributed by atoms with Crippen LogP contribution in [0.4, 0.5) is 8.78 Å². The summed E-state index contributed by atoms with van der Waals surface area (Å²) in [5, 5.41) is -1.43. The molecule has 0 spiro atoms. The maximum Gasteiger partial charge on any atom is 0.255 e. The highest BCUT2D eigenvalue weighted by Gasteiger charge is 2.15. The molecule has 0 heterocycles. The molecule has 0 aliphatic carbocycles. The Labute approximate surface area is 76.9 Å². The zero-order valence-corrected chi connectivity index (χ0v) is 7.09. The van der Waals surface area contributed by atoms with Crippen LogP contribution in [0, 0.1) is 11.6 Å². The van der Waals surface area contributed by atoms with Crippen LogP contribution in [0.1, 0.15) is 10.4 Å². The van der Waals surface area contributed by atoms with Gasteiger partial charge in [0.1, 0.15) is 0 Å². The Morgan fingerprint density at radius 3 is 2.33 bits per heavy atom. The van der Waals surface area contributed by atoms with Gasteiger partial charge in [0.2, 0.25) is 0 Å². The number of carbonyl (C=O) groups is 1. The van der Waals surface area contributed by atoms with Crippen molar-refractivity contribution in [3.63, 3.8) is 0 Å². The van der Waals surface area contributed by atoms with Crippen LogP contribution < -0.4 is 0 Å². The third-order valence-corrected chi connectivity index (χ3v) is 1.74. The quantitative estimate of drug-likeness (QED) is 0.515. The molecule has 1 nitrogen and oxygen atoms in total. The summed E-state index contributed by atoms with van der Waals surface area (Å²) in [5.74, 6) is -2.58. The van der Waals surface area contributed by atoms with Crippen LogP contribution in [0.5, 0.6) is 0 Å². The Balaban J connectivity index is 3.36. The van der Waals surface area contributed by atoms with Gasteiger partial charge in [-0.3, -0.25) is 4.79 Å². The Morgan fingerprint density at radius 2 is 1.83 bits per heavy atom. The second-order valence-electron chi connectivity index (χ2n) is 2.00. The molecule has 12 heavy (non-hydrogen) atoms. The van der Waals surface area contributed by atoms with E-state index in [0.29, 0.717) is 0 Å². The first-order chi connectivity index (χ1) is 5.54. The predicted molar refractivity (Wildman–Crippen MR) is 41.6 cm³/mol. The van der Waals surface area contributed by atoms with Crippen molar-refractivity contribution < 1.29 is 13.6 Å². The van der Waals surface area contributed by atoms with Gasteiger partial charge in [-0.2, -0.15) is 0 Å². The van der Waals surface area contributed by atoms with Gasteiger partial charge < -0.3 is 0 Å². The lowest BCUT2D eigenvalue weighted by molar-refractivity contribution is 0.107. The molecule has 5 heteroatoms. The molecule has 0 N–H and O–H groups in total. The summed E-state index contributed by atoms with van der Waals surface area (Å²) in [4.78, 5) is 10.4. The fourth-order valence-electron chi connectivity index (χ4n) is 0.678. The maximum absolute atomic E-state index is 12.7. The summed E-state index contributed by atoms with van der Waals surface area (Å²) >= 11 is 10.2. The summed E-state index contributed by atoms with van der Waals surface area (Å²) in [6, 6.07) is 2.09. The molecule has 0 saturated carbocycles. The number of hydrogen-bond donors (Lipinski definition) is 0. The zero-order valence-electron chi connectivity index (χ0n) is 5.57. The van der Waals surface area contributed by atoms with Gasteiger partial charge in [-0.1, -0.05) is 11.6 Å². The van der Waals surface area contributed by atoms with E-state index in [1.54, 1.807) is 0 Å². The lowest BCUT2D eigenvalue weighted by Gasteiger charge is -1.98. The Bertz CT molecular complexity index is 338. The van der Waals surface area contributed by atoms with E-state index >= 15 is 0 Å². The van der Waals surface area contributed by atoms with Gasteiger partial charge in [-0.05, 0) is 23.7 Å². The number of rotatable bonds is 1. The molecule has 0 aliphatic rings. The predicted octanol–water partition coefficient (Wildman–Crippen LogP) is 3.00. The minimum atomic E-state index is -1.32. The van der Waals surface area contributed by atoms with E-state index in [1.165, 1.54) is 0 Å². The smallest absolute Gasteiger partial charge is 0.255 e. The van der Waals surface area contributed by atoms with E-state index in [1.807, 2.05) is 0 Å². The molecule has 0 aromatic heterocycles. The Morgan fingerprint density at radius 1 is 1.25 bits per heavy atom.